The van der Waals surface area contributed by atoms with Gasteiger partial charge in [-0.15, -0.1) is 0 Å². The van der Waals surface area contributed by atoms with Crippen LogP contribution in [0.5, 0.6) is 0 Å². The Hall–Kier alpha value is -1.48. The van der Waals surface area contributed by atoms with Crippen molar-refractivity contribution in [2.45, 2.75) is 69.1 Å². The summed E-state index contributed by atoms with van der Waals surface area (Å²) in [5, 5.41) is 0. The molecule has 1 aliphatic carbocycles. The summed E-state index contributed by atoms with van der Waals surface area (Å²) in [6.07, 6.45) is 6.12. The summed E-state index contributed by atoms with van der Waals surface area (Å²) < 4.78 is 33.1. The monoisotopic (exact) mass is 451 g/mol. The van der Waals surface area contributed by atoms with Crippen molar-refractivity contribution in [3.8, 4) is 0 Å². The lowest BCUT2D eigenvalue weighted by atomic mass is 9.94. The quantitative estimate of drug-likeness (QED) is 0.638. The number of amides is 1. The lowest BCUT2D eigenvalue weighted by Crippen LogP contribution is -2.48. The molecule has 1 aliphatic heterocycles. The number of morpholine rings is 1. The molecule has 2 unspecified atom stereocenters. The van der Waals surface area contributed by atoms with E-state index in [9.17, 15) is 13.2 Å². The maximum absolute atomic E-state index is 13.0. The minimum Gasteiger partial charge on any atom is -0.373 e. The number of ether oxygens (including phenoxy) is 1. The summed E-state index contributed by atoms with van der Waals surface area (Å²) in [5.41, 5.74) is 0.505. The van der Waals surface area contributed by atoms with Crippen LogP contribution >= 0.6 is 0 Å². The Morgan fingerprint density at radius 3 is 2.16 bits per heavy atom. The summed E-state index contributed by atoms with van der Waals surface area (Å²) in [5.74, 6) is -0.0883. The van der Waals surface area contributed by atoms with Gasteiger partial charge in [-0.25, -0.2) is 8.42 Å². The molecule has 7 nitrogen and oxygen atoms in total. The Morgan fingerprint density at radius 2 is 1.58 bits per heavy atom. The van der Waals surface area contributed by atoms with Crippen molar-refractivity contribution >= 4 is 15.9 Å². The highest BCUT2D eigenvalue weighted by Gasteiger charge is 2.32. The third-order valence-corrected chi connectivity index (χ3v) is 8.30. The van der Waals surface area contributed by atoms with E-state index in [0.29, 0.717) is 31.2 Å². The van der Waals surface area contributed by atoms with Gasteiger partial charge in [0.25, 0.3) is 5.91 Å². The highest BCUT2D eigenvalue weighted by Crippen LogP contribution is 2.23. The average Bonchev–Trinajstić information content (AvgIpc) is 2.76. The summed E-state index contributed by atoms with van der Waals surface area (Å²) in [4.78, 5) is 17.1. The lowest BCUT2D eigenvalue weighted by molar-refractivity contribution is -0.0440. The van der Waals surface area contributed by atoms with Crippen LogP contribution in [0.15, 0.2) is 29.2 Å². The fourth-order valence-corrected chi connectivity index (χ4v) is 6.17. The number of hydrogen-bond donors (Lipinski definition) is 0. The maximum Gasteiger partial charge on any atom is 0.253 e. The van der Waals surface area contributed by atoms with Crippen LogP contribution in [-0.4, -0.2) is 87.0 Å². The molecule has 0 spiro atoms. The van der Waals surface area contributed by atoms with E-state index in [0.717, 1.165) is 6.54 Å². The Labute approximate surface area is 187 Å². The van der Waals surface area contributed by atoms with E-state index >= 15 is 0 Å². The summed E-state index contributed by atoms with van der Waals surface area (Å²) in [6.45, 7) is 5.92. The number of likely N-dealkylation sites (N-methyl/N-ethyl adjacent to an activating group) is 2. The van der Waals surface area contributed by atoms with Crippen LogP contribution in [0.3, 0.4) is 0 Å². The van der Waals surface area contributed by atoms with Gasteiger partial charge in [-0.1, -0.05) is 19.3 Å². The van der Waals surface area contributed by atoms with E-state index in [1.807, 2.05) is 13.8 Å². The van der Waals surface area contributed by atoms with E-state index in [4.69, 9.17) is 4.74 Å². The number of rotatable bonds is 7. The molecule has 1 saturated carbocycles. The molecule has 2 atom stereocenters. The molecule has 0 N–H and O–H groups in total. The minimum absolute atomic E-state index is 0.0883. The standard InChI is InChI=1S/C23H37N3O4S/c1-18-16-26(17-19(2)30-18)31(28,29)22-12-10-20(11-13-22)23(27)25(4)15-14-24(3)21-8-6-5-7-9-21/h10-13,18-19,21H,5-9,14-17H2,1-4H3. The minimum atomic E-state index is -3.60. The van der Waals surface area contributed by atoms with Crippen LogP contribution in [0.2, 0.25) is 0 Å². The van der Waals surface area contributed by atoms with Gasteiger partial charge in [0, 0.05) is 44.8 Å². The van der Waals surface area contributed by atoms with Crippen molar-refractivity contribution in [1.82, 2.24) is 14.1 Å². The van der Waals surface area contributed by atoms with Crippen LogP contribution in [-0.2, 0) is 14.8 Å². The van der Waals surface area contributed by atoms with Gasteiger partial charge in [0.1, 0.15) is 0 Å². The first-order valence-electron chi connectivity index (χ1n) is 11.4. The zero-order valence-electron chi connectivity index (χ0n) is 19.3. The van der Waals surface area contributed by atoms with Gasteiger partial charge in [-0.3, -0.25) is 4.79 Å². The van der Waals surface area contributed by atoms with Gasteiger partial charge >= 0.3 is 0 Å². The molecule has 0 bridgehead atoms. The Bertz CT molecular complexity index is 827. The number of carbonyl (C=O) groups excluding carboxylic acids is 1. The van der Waals surface area contributed by atoms with Crippen LogP contribution in [0.25, 0.3) is 0 Å². The van der Waals surface area contributed by atoms with Gasteiger partial charge in [-0.2, -0.15) is 4.31 Å². The molecule has 2 aliphatic rings. The molecule has 1 aromatic carbocycles. The Morgan fingerprint density at radius 1 is 1.00 bits per heavy atom. The Balaban J connectivity index is 1.59. The number of carbonyl (C=O) groups is 1. The molecule has 8 heteroatoms. The molecule has 2 fully saturated rings. The van der Waals surface area contributed by atoms with E-state index in [1.54, 1.807) is 24.1 Å². The van der Waals surface area contributed by atoms with Crippen molar-refractivity contribution in [1.29, 1.82) is 0 Å². The van der Waals surface area contributed by atoms with Crippen molar-refractivity contribution < 1.29 is 17.9 Å². The van der Waals surface area contributed by atoms with Crippen molar-refractivity contribution in [2.75, 3.05) is 40.3 Å². The van der Waals surface area contributed by atoms with Gasteiger partial charge in [0.05, 0.1) is 17.1 Å². The molecule has 174 valence electrons. The highest BCUT2D eigenvalue weighted by atomic mass is 32.2. The van der Waals surface area contributed by atoms with Gasteiger partial charge in [-0.05, 0) is 58.0 Å². The molecule has 0 radical (unpaired) electrons. The molecule has 1 saturated heterocycles. The molecule has 0 aromatic heterocycles. The molecule has 1 amide bonds. The van der Waals surface area contributed by atoms with Gasteiger partial charge in [0.2, 0.25) is 10.0 Å². The maximum atomic E-state index is 13.0. The second-order valence-corrected chi connectivity index (χ2v) is 11.0. The molecule has 3 rings (SSSR count). The lowest BCUT2D eigenvalue weighted by Gasteiger charge is -2.34. The van der Waals surface area contributed by atoms with Crippen LogP contribution in [0.4, 0.5) is 0 Å². The first-order valence-corrected chi connectivity index (χ1v) is 12.8. The van der Waals surface area contributed by atoms with Gasteiger partial charge in [0.15, 0.2) is 0 Å². The molecule has 1 aromatic rings. The summed E-state index contributed by atoms with van der Waals surface area (Å²) in [6, 6.07) is 6.92. The zero-order chi connectivity index (χ0) is 22.6. The van der Waals surface area contributed by atoms with E-state index in [1.165, 1.54) is 48.5 Å². The van der Waals surface area contributed by atoms with Crippen molar-refractivity contribution in [3.05, 3.63) is 29.8 Å². The molecular formula is C23H37N3O4S. The second kappa shape index (κ2) is 10.4. The first kappa shape index (κ1) is 24.2. The first-order chi connectivity index (χ1) is 14.7. The molecule has 1 heterocycles. The third-order valence-electron chi connectivity index (χ3n) is 6.46. The Kier molecular flexibility index (Phi) is 8.13. The van der Waals surface area contributed by atoms with Crippen LogP contribution in [0, 0.1) is 0 Å². The number of nitrogens with zero attached hydrogens (tertiary/aromatic N) is 3. The zero-order valence-corrected chi connectivity index (χ0v) is 20.1. The fourth-order valence-electron chi connectivity index (χ4n) is 4.58. The second-order valence-electron chi connectivity index (χ2n) is 9.10. The summed E-state index contributed by atoms with van der Waals surface area (Å²) in [7, 11) is 0.341. The van der Waals surface area contributed by atoms with E-state index in [2.05, 4.69) is 11.9 Å². The molecular weight excluding hydrogens is 414 g/mol. The van der Waals surface area contributed by atoms with Crippen molar-refractivity contribution in [3.63, 3.8) is 0 Å². The summed E-state index contributed by atoms with van der Waals surface area (Å²) >= 11 is 0. The fraction of sp³-hybridized carbons (Fsp3) is 0.696. The van der Waals surface area contributed by atoms with Gasteiger partial charge < -0.3 is 14.5 Å². The van der Waals surface area contributed by atoms with E-state index < -0.39 is 10.0 Å². The van der Waals surface area contributed by atoms with Crippen molar-refractivity contribution in [2.24, 2.45) is 0 Å². The topological polar surface area (TPSA) is 70.2 Å². The smallest absolute Gasteiger partial charge is 0.253 e. The van der Waals surface area contributed by atoms with Crippen LogP contribution in [0.1, 0.15) is 56.3 Å². The number of benzene rings is 1. The number of hydrogen-bond acceptors (Lipinski definition) is 5. The van der Waals surface area contributed by atoms with Crippen LogP contribution < -0.4 is 0 Å². The predicted octanol–water partition coefficient (Wildman–Crippen LogP) is 2.82. The van der Waals surface area contributed by atoms with E-state index in [-0.39, 0.29) is 23.0 Å². The largest absolute Gasteiger partial charge is 0.373 e. The normalized spacial score (nSPS) is 23.8. The third kappa shape index (κ3) is 6.06. The number of sulfonamides is 1. The average molecular weight is 452 g/mol. The molecule has 31 heavy (non-hydrogen) atoms. The predicted molar refractivity (Wildman–Crippen MR) is 122 cm³/mol. The SMILES string of the molecule is CC1CN(S(=O)(=O)c2ccc(C(=O)N(C)CCN(C)C3CCCCC3)cc2)CC(C)O1. The highest BCUT2D eigenvalue weighted by molar-refractivity contribution is 7.89.